The molecular formula is C29H44N4O2S2. The van der Waals surface area contributed by atoms with Crippen molar-refractivity contribution in [3.8, 4) is 0 Å². The first-order valence-corrected chi connectivity index (χ1v) is 14.9. The second-order valence-corrected chi connectivity index (χ2v) is 12.8. The largest absolute Gasteiger partial charge is 0.359 e. The third kappa shape index (κ3) is 6.90. The fourth-order valence-corrected chi connectivity index (χ4v) is 6.52. The van der Waals surface area contributed by atoms with Crippen molar-refractivity contribution in [1.29, 1.82) is 0 Å². The zero-order chi connectivity index (χ0) is 25.9. The number of nitrogens with one attached hydrogen (secondary N) is 3. The Bertz CT molecular complexity index is 1150. The molecule has 2 saturated carbocycles. The van der Waals surface area contributed by atoms with Crippen LogP contribution in [0.1, 0.15) is 76.6 Å². The molecule has 1 aromatic heterocycles. The normalized spacial score (nSPS) is 18.7. The van der Waals surface area contributed by atoms with Gasteiger partial charge in [0.05, 0.1) is 5.56 Å². The average molecular weight is 545 g/mol. The highest BCUT2D eigenvalue weighted by atomic mass is 32.1. The van der Waals surface area contributed by atoms with Gasteiger partial charge in [-0.05, 0) is 80.1 Å². The van der Waals surface area contributed by atoms with Crippen LogP contribution < -0.4 is 16.0 Å². The van der Waals surface area contributed by atoms with Crippen LogP contribution in [0.15, 0.2) is 30.3 Å². The quantitative estimate of drug-likeness (QED) is 0.327. The molecule has 0 spiro atoms. The molecule has 0 radical (unpaired) electrons. The fraction of sp³-hybridized carbons (Fsp3) is 0.552. The van der Waals surface area contributed by atoms with Gasteiger partial charge in [-0.2, -0.15) is 0 Å². The number of rotatable bonds is 10. The maximum atomic E-state index is 13.3. The Labute approximate surface area is 234 Å². The van der Waals surface area contributed by atoms with E-state index < -0.39 is 0 Å². The van der Waals surface area contributed by atoms with Crippen molar-refractivity contribution < 1.29 is 13.9 Å². The van der Waals surface area contributed by atoms with Gasteiger partial charge in [0.1, 0.15) is 5.00 Å². The van der Waals surface area contributed by atoms with Gasteiger partial charge in [0.15, 0.2) is 5.11 Å². The van der Waals surface area contributed by atoms with Crippen LogP contribution in [0.3, 0.4) is 0 Å². The highest BCUT2D eigenvalue weighted by Crippen LogP contribution is 2.40. The maximum absolute atomic E-state index is 13.3. The number of thiocarbonyl (C=S) groups is 1. The minimum atomic E-state index is -0.0516. The van der Waals surface area contributed by atoms with E-state index in [1.54, 1.807) is 11.3 Å². The summed E-state index contributed by atoms with van der Waals surface area (Å²) in [6, 6.07) is 10.6. The molecule has 1 aromatic carbocycles. The predicted molar refractivity (Wildman–Crippen MR) is 160 cm³/mol. The summed E-state index contributed by atoms with van der Waals surface area (Å²) in [6.07, 6.45) is 6.83. The zero-order valence-electron chi connectivity index (χ0n) is 21.8. The van der Waals surface area contributed by atoms with Crippen LogP contribution in [-0.2, 0) is 24.2 Å². The van der Waals surface area contributed by atoms with E-state index in [2.05, 4.69) is 59.0 Å². The van der Waals surface area contributed by atoms with Gasteiger partial charge in [0.25, 0.3) is 5.91 Å². The number of fused-ring (bicyclic) bond motifs is 1. The van der Waals surface area contributed by atoms with Crippen LogP contribution in [0.4, 0.5) is 5.00 Å². The van der Waals surface area contributed by atoms with Crippen LogP contribution in [0.5, 0.6) is 0 Å². The first-order chi connectivity index (χ1) is 17.9. The van der Waals surface area contributed by atoms with E-state index in [0.29, 0.717) is 17.4 Å². The first kappa shape index (κ1) is 26.2. The summed E-state index contributed by atoms with van der Waals surface area (Å²) in [5, 5.41) is 11.4. The van der Waals surface area contributed by atoms with E-state index in [0.717, 1.165) is 67.4 Å². The van der Waals surface area contributed by atoms with Crippen molar-refractivity contribution in [3.05, 3.63) is 51.9 Å². The van der Waals surface area contributed by atoms with Crippen molar-refractivity contribution in [1.82, 2.24) is 15.5 Å². The monoisotopic (exact) mass is 544 g/mol. The lowest BCUT2D eigenvalue weighted by Gasteiger charge is -2.32. The van der Waals surface area contributed by atoms with Gasteiger partial charge in [0.2, 0.25) is 5.91 Å². The van der Waals surface area contributed by atoms with E-state index in [-0.39, 0.29) is 28.1 Å². The van der Waals surface area contributed by atoms with Crippen LogP contribution in [0.25, 0.3) is 0 Å². The van der Waals surface area contributed by atoms with Crippen LogP contribution in [0.2, 0.25) is 0 Å². The topological polar surface area (TPSA) is 73.5 Å². The highest BCUT2D eigenvalue weighted by molar-refractivity contribution is 7.80. The second-order valence-electron chi connectivity index (χ2n) is 11.3. The van der Waals surface area contributed by atoms with Gasteiger partial charge in [-0.1, -0.05) is 44.2 Å². The lowest BCUT2D eigenvalue weighted by Crippen LogP contribution is -2.47. The van der Waals surface area contributed by atoms with Crippen LogP contribution in [-0.4, -0.2) is 41.0 Å². The average Bonchev–Trinajstić information content (AvgIpc) is 3.79. The third-order valence-corrected chi connectivity index (χ3v) is 8.92. The number of benzene rings is 1. The van der Waals surface area contributed by atoms with E-state index in [1.807, 2.05) is 6.07 Å². The Balaban J connectivity index is 0.00000187. The summed E-state index contributed by atoms with van der Waals surface area (Å²) in [5.74, 6) is 1.19. The number of thiophene rings is 1. The number of carbonyl (C=O) groups is 2. The molecule has 3 aliphatic carbocycles. The van der Waals surface area contributed by atoms with E-state index >= 15 is 0 Å². The second kappa shape index (κ2) is 11.5. The van der Waals surface area contributed by atoms with Crippen molar-refractivity contribution in [2.75, 3.05) is 18.4 Å². The number of nitrogens with zero attached hydrogens (tertiary/aromatic N) is 1. The van der Waals surface area contributed by atoms with Gasteiger partial charge in [0, 0.05) is 40.8 Å². The molecule has 1 heterocycles. The molecule has 37 heavy (non-hydrogen) atoms. The Morgan fingerprint density at radius 3 is 2.57 bits per heavy atom. The summed E-state index contributed by atoms with van der Waals surface area (Å²) >= 11 is 7.50. The van der Waals surface area contributed by atoms with E-state index in [1.165, 1.54) is 23.3 Å². The molecule has 2 aromatic rings. The van der Waals surface area contributed by atoms with Crippen molar-refractivity contribution in [3.63, 3.8) is 0 Å². The molecular weight excluding hydrogens is 500 g/mol. The summed E-state index contributed by atoms with van der Waals surface area (Å²) in [5.41, 5.74) is 2.99. The van der Waals surface area contributed by atoms with Crippen LogP contribution in [0, 0.1) is 17.8 Å². The number of hydrogen-bond donors (Lipinski definition) is 3. The highest BCUT2D eigenvalue weighted by Gasteiger charge is 2.34. The molecule has 5 rings (SSSR count). The Morgan fingerprint density at radius 1 is 1.14 bits per heavy atom. The third-order valence-electron chi connectivity index (χ3n) is 7.34. The molecule has 2 amide bonds. The number of hydrogen-bond acceptors (Lipinski definition) is 4. The molecule has 3 aliphatic rings. The molecule has 0 saturated heterocycles. The molecule has 0 bridgehead atoms. The molecule has 1 unspecified atom stereocenters. The minimum Gasteiger partial charge on any atom is -0.359 e. The standard InChI is InChI=1S/C29H38N4O2S2.3H2/c1-18(2)16-33(17-20-6-4-3-5-7-20)29(36)31-22-12-13-24-23(14-22)25(27(35)30-15-19-8-9-19)28(37-24)32-26(34)21-10-11-21;;;/h3-7,18-19,21-22H,8-17H2,1-2H3,(H,30,35)(H,31,36)(H,32,34);3*1H. The number of amides is 2. The molecule has 8 heteroatoms. The van der Waals surface area contributed by atoms with E-state index in [9.17, 15) is 9.59 Å². The SMILES string of the molecule is CC(C)CN(Cc1ccccc1)C(=S)NC1CCc2sc(NC(=O)C3CC3)c(C(=O)NCC3CC3)c2C1.[HH].[HH].[HH]. The lowest BCUT2D eigenvalue weighted by atomic mass is 9.91. The molecule has 0 aliphatic heterocycles. The van der Waals surface area contributed by atoms with Crippen LogP contribution >= 0.6 is 23.6 Å². The Morgan fingerprint density at radius 2 is 1.89 bits per heavy atom. The smallest absolute Gasteiger partial charge is 0.254 e. The summed E-state index contributed by atoms with van der Waals surface area (Å²) < 4.78 is 0. The molecule has 1 atom stereocenters. The van der Waals surface area contributed by atoms with Crippen molar-refractivity contribution >= 4 is 45.5 Å². The van der Waals surface area contributed by atoms with Gasteiger partial charge in [-0.3, -0.25) is 9.59 Å². The summed E-state index contributed by atoms with van der Waals surface area (Å²) in [7, 11) is 0. The number of aryl methyl sites for hydroxylation is 1. The molecule has 6 nitrogen and oxygen atoms in total. The fourth-order valence-electron chi connectivity index (χ4n) is 4.97. The number of anilines is 1. The molecule has 3 N–H and O–H groups in total. The summed E-state index contributed by atoms with van der Waals surface area (Å²) in [4.78, 5) is 29.4. The van der Waals surface area contributed by atoms with Gasteiger partial charge < -0.3 is 20.9 Å². The van der Waals surface area contributed by atoms with Gasteiger partial charge in [-0.25, -0.2) is 0 Å². The van der Waals surface area contributed by atoms with Crippen molar-refractivity contribution in [2.24, 2.45) is 17.8 Å². The van der Waals surface area contributed by atoms with Crippen molar-refractivity contribution in [2.45, 2.75) is 71.4 Å². The summed E-state index contributed by atoms with van der Waals surface area (Å²) in [6.45, 7) is 6.79. The molecule has 2 fully saturated rings. The van der Waals surface area contributed by atoms with Gasteiger partial charge >= 0.3 is 0 Å². The van der Waals surface area contributed by atoms with Gasteiger partial charge in [-0.15, -0.1) is 11.3 Å². The maximum Gasteiger partial charge on any atom is 0.254 e. The number of carbonyl (C=O) groups excluding carboxylic acids is 2. The first-order valence-electron chi connectivity index (χ1n) is 13.7. The van der Waals surface area contributed by atoms with E-state index in [4.69, 9.17) is 12.2 Å². The molecule has 204 valence electrons. The Kier molecular flexibility index (Phi) is 8.15. The zero-order valence-corrected chi connectivity index (χ0v) is 23.5. The lowest BCUT2D eigenvalue weighted by molar-refractivity contribution is -0.117. The Hall–Kier alpha value is -2.45. The predicted octanol–water partition coefficient (Wildman–Crippen LogP) is 5.86. The minimum absolute atomic E-state index is 0.